The first-order chi connectivity index (χ1) is 3.41. The van der Waals surface area contributed by atoms with Gasteiger partial charge in [-0.3, -0.25) is 0 Å². The zero-order chi connectivity index (χ0) is 5.54. The molecule has 0 aromatic rings. The Hall–Kier alpha value is 0.960. The molecule has 0 aromatic carbocycles. The van der Waals surface area contributed by atoms with Crippen molar-refractivity contribution in [3.63, 3.8) is 0 Å². The van der Waals surface area contributed by atoms with Gasteiger partial charge in [0.15, 0.2) is 0 Å². The molecule has 8 heavy (non-hydrogen) atoms. The minimum Gasteiger partial charge on any atom is -0.317 e. The Morgan fingerprint density at radius 3 is 1.62 bits per heavy atom. The van der Waals surface area contributed by atoms with Crippen molar-refractivity contribution in [3.05, 3.63) is 0 Å². The maximum atomic E-state index is 3.28. The van der Waals surface area contributed by atoms with Crippen LogP contribution in [0, 0.1) is 0 Å². The van der Waals surface area contributed by atoms with Crippen LogP contribution in [0.5, 0.6) is 0 Å². The summed E-state index contributed by atoms with van der Waals surface area (Å²) in [7, 11) is 0. The van der Waals surface area contributed by atoms with E-state index >= 15 is 0 Å². The third kappa shape index (κ3) is 10.0. The van der Waals surface area contributed by atoms with Crippen molar-refractivity contribution in [2.24, 2.45) is 0 Å². The third-order valence-electron chi connectivity index (χ3n) is 0.854. The molecular formula is C6H15NNa. The van der Waals surface area contributed by atoms with Crippen LogP contribution in [0.2, 0.25) is 0 Å². The van der Waals surface area contributed by atoms with E-state index in [-0.39, 0.29) is 29.6 Å². The number of rotatable bonds is 4. The van der Waals surface area contributed by atoms with Crippen LogP contribution in [0.25, 0.3) is 0 Å². The van der Waals surface area contributed by atoms with Gasteiger partial charge in [0.2, 0.25) is 0 Å². The van der Waals surface area contributed by atoms with Crippen LogP contribution >= 0.6 is 0 Å². The first kappa shape index (κ1) is 11.7. The monoisotopic (exact) mass is 124 g/mol. The Morgan fingerprint density at radius 1 is 1.00 bits per heavy atom. The van der Waals surface area contributed by atoms with Crippen molar-refractivity contribution in [2.45, 2.75) is 26.7 Å². The minimum absolute atomic E-state index is 0. The summed E-state index contributed by atoms with van der Waals surface area (Å²) in [4.78, 5) is 0. The fourth-order valence-corrected chi connectivity index (χ4v) is 0.479. The van der Waals surface area contributed by atoms with Gasteiger partial charge in [-0.25, -0.2) is 0 Å². The van der Waals surface area contributed by atoms with E-state index in [9.17, 15) is 0 Å². The minimum atomic E-state index is 0. The van der Waals surface area contributed by atoms with Crippen LogP contribution in [0.4, 0.5) is 0 Å². The smallest absolute Gasteiger partial charge is 0 e. The molecule has 0 bridgehead atoms. The van der Waals surface area contributed by atoms with E-state index in [2.05, 4.69) is 19.2 Å². The van der Waals surface area contributed by atoms with Crippen molar-refractivity contribution in [2.75, 3.05) is 13.1 Å². The summed E-state index contributed by atoms with van der Waals surface area (Å²) >= 11 is 0. The molecule has 0 spiro atoms. The maximum absolute atomic E-state index is 3.28. The first-order valence-electron chi connectivity index (χ1n) is 3.12. The average Bonchev–Trinajstić information content (AvgIpc) is 1.69. The van der Waals surface area contributed by atoms with Crippen LogP contribution in [0.15, 0.2) is 0 Å². The predicted octanol–water partition coefficient (Wildman–Crippen LogP) is 1.02. The van der Waals surface area contributed by atoms with Crippen molar-refractivity contribution >= 4 is 29.6 Å². The molecular weight excluding hydrogens is 109 g/mol. The van der Waals surface area contributed by atoms with Gasteiger partial charge in [-0.15, -0.1) is 0 Å². The van der Waals surface area contributed by atoms with Crippen molar-refractivity contribution in [3.8, 4) is 0 Å². The molecule has 0 aliphatic carbocycles. The van der Waals surface area contributed by atoms with Crippen LogP contribution in [0.3, 0.4) is 0 Å². The Bertz CT molecular complexity index is 27.7. The summed E-state index contributed by atoms with van der Waals surface area (Å²) in [6, 6.07) is 0. The van der Waals surface area contributed by atoms with Crippen molar-refractivity contribution < 1.29 is 0 Å². The normalized spacial score (nSPS) is 8.25. The molecule has 0 amide bonds. The Kier molecular flexibility index (Phi) is 15.9. The van der Waals surface area contributed by atoms with Gasteiger partial charge in [-0.1, -0.05) is 13.8 Å². The molecule has 1 N–H and O–H groups in total. The zero-order valence-electron chi connectivity index (χ0n) is 6.33. The van der Waals surface area contributed by atoms with E-state index in [0.717, 1.165) is 0 Å². The van der Waals surface area contributed by atoms with Gasteiger partial charge in [0.1, 0.15) is 0 Å². The third-order valence-corrected chi connectivity index (χ3v) is 0.854. The van der Waals surface area contributed by atoms with Crippen molar-refractivity contribution in [1.82, 2.24) is 5.32 Å². The quantitative estimate of drug-likeness (QED) is 0.435. The zero-order valence-corrected chi connectivity index (χ0v) is 8.33. The topological polar surface area (TPSA) is 12.0 Å². The van der Waals surface area contributed by atoms with Gasteiger partial charge in [-0.2, -0.15) is 0 Å². The molecule has 45 valence electrons. The molecule has 0 fully saturated rings. The summed E-state index contributed by atoms with van der Waals surface area (Å²) < 4.78 is 0. The Morgan fingerprint density at radius 2 is 1.38 bits per heavy atom. The fraction of sp³-hybridized carbons (Fsp3) is 1.00. The van der Waals surface area contributed by atoms with Gasteiger partial charge in [0.25, 0.3) is 0 Å². The molecule has 0 saturated carbocycles. The van der Waals surface area contributed by atoms with E-state index in [0.29, 0.717) is 0 Å². The number of hydrogen-bond acceptors (Lipinski definition) is 1. The molecule has 0 heterocycles. The summed E-state index contributed by atoms with van der Waals surface area (Å²) in [5.74, 6) is 0. The number of hydrogen-bond donors (Lipinski definition) is 1. The first-order valence-corrected chi connectivity index (χ1v) is 3.12. The SMILES string of the molecule is CCCNCCC.[Na]. The van der Waals surface area contributed by atoms with Crippen LogP contribution in [0.1, 0.15) is 26.7 Å². The molecule has 0 atom stereocenters. The van der Waals surface area contributed by atoms with Gasteiger partial charge < -0.3 is 5.32 Å². The molecule has 2 heteroatoms. The molecule has 1 nitrogen and oxygen atoms in total. The van der Waals surface area contributed by atoms with E-state index in [1.165, 1.54) is 25.9 Å². The molecule has 0 aliphatic rings. The number of nitrogens with one attached hydrogen (secondary N) is 1. The molecule has 1 radical (unpaired) electrons. The Labute approximate surface area is 74.5 Å². The van der Waals surface area contributed by atoms with E-state index in [4.69, 9.17) is 0 Å². The van der Waals surface area contributed by atoms with E-state index < -0.39 is 0 Å². The van der Waals surface area contributed by atoms with Gasteiger partial charge in [0, 0.05) is 29.6 Å². The second kappa shape index (κ2) is 10.9. The van der Waals surface area contributed by atoms with Crippen molar-refractivity contribution in [1.29, 1.82) is 0 Å². The molecule has 0 rings (SSSR count). The summed E-state index contributed by atoms with van der Waals surface area (Å²) in [6.07, 6.45) is 2.50. The van der Waals surface area contributed by atoms with Crippen LogP contribution < -0.4 is 5.32 Å². The van der Waals surface area contributed by atoms with Crippen LogP contribution in [-0.2, 0) is 0 Å². The summed E-state index contributed by atoms with van der Waals surface area (Å²) in [5.41, 5.74) is 0. The van der Waals surface area contributed by atoms with Gasteiger partial charge >= 0.3 is 0 Å². The second-order valence-corrected chi connectivity index (χ2v) is 1.75. The molecule has 0 aromatic heterocycles. The summed E-state index contributed by atoms with van der Waals surface area (Å²) in [5, 5.41) is 3.28. The van der Waals surface area contributed by atoms with Gasteiger partial charge in [-0.05, 0) is 25.9 Å². The van der Waals surface area contributed by atoms with E-state index in [1.54, 1.807) is 0 Å². The molecule has 0 saturated heterocycles. The molecule has 0 aliphatic heterocycles. The fourth-order valence-electron chi connectivity index (χ4n) is 0.479. The van der Waals surface area contributed by atoms with Crippen LogP contribution in [-0.4, -0.2) is 42.6 Å². The average molecular weight is 124 g/mol. The van der Waals surface area contributed by atoms with E-state index in [1.807, 2.05) is 0 Å². The largest absolute Gasteiger partial charge is 0.317 e. The molecule has 0 unspecified atom stereocenters. The predicted molar refractivity (Wildman–Crippen MR) is 39.2 cm³/mol. The second-order valence-electron chi connectivity index (χ2n) is 1.75. The Balaban J connectivity index is 0. The van der Waals surface area contributed by atoms with Gasteiger partial charge in [0.05, 0.1) is 0 Å². The maximum Gasteiger partial charge on any atom is 0 e. The summed E-state index contributed by atoms with van der Waals surface area (Å²) in [6.45, 7) is 6.72. The standard InChI is InChI=1S/C6H15N.Na/c1-3-5-7-6-4-2;/h7H,3-6H2,1-2H3;.